The molecule has 0 radical (unpaired) electrons. The first kappa shape index (κ1) is 14.3. The molecule has 0 saturated carbocycles. The van der Waals surface area contributed by atoms with Crippen molar-refractivity contribution in [1.29, 1.82) is 5.26 Å². The zero-order valence-corrected chi connectivity index (χ0v) is 9.66. The number of rotatable bonds is 2. The summed E-state index contributed by atoms with van der Waals surface area (Å²) in [5, 5.41) is 8.77. The van der Waals surface area contributed by atoms with Crippen LogP contribution in [0.1, 0.15) is 15.9 Å². The highest BCUT2D eigenvalue weighted by atomic mass is 32.2. The molecule has 0 bridgehead atoms. The smallest absolute Gasteiger partial charge is 0.446 e. The topological polar surface area (TPSA) is 50.1 Å². The van der Waals surface area contributed by atoms with E-state index in [9.17, 15) is 22.4 Å². The van der Waals surface area contributed by atoms with Gasteiger partial charge in [-0.3, -0.25) is 0 Å². The molecule has 0 N–H and O–H groups in total. The van der Waals surface area contributed by atoms with Gasteiger partial charge in [-0.15, -0.1) is 0 Å². The van der Waals surface area contributed by atoms with Gasteiger partial charge in [0.05, 0.1) is 18.2 Å². The maximum atomic E-state index is 13.1. The number of hydrogen-bond donors (Lipinski definition) is 0. The predicted octanol–water partition coefficient (Wildman–Crippen LogP) is 3.10. The van der Waals surface area contributed by atoms with Gasteiger partial charge in [0.25, 0.3) is 0 Å². The number of alkyl halides is 3. The van der Waals surface area contributed by atoms with Crippen molar-refractivity contribution in [3.63, 3.8) is 0 Å². The summed E-state index contributed by atoms with van der Waals surface area (Å²) in [7, 11) is 0.977. The van der Waals surface area contributed by atoms with Crippen molar-refractivity contribution in [2.75, 3.05) is 7.11 Å². The van der Waals surface area contributed by atoms with Crippen LogP contribution in [0.4, 0.5) is 17.6 Å². The zero-order chi connectivity index (χ0) is 13.9. The van der Waals surface area contributed by atoms with E-state index in [2.05, 4.69) is 4.74 Å². The van der Waals surface area contributed by atoms with Crippen molar-refractivity contribution in [3.05, 3.63) is 29.1 Å². The Morgan fingerprint density at radius 3 is 2.50 bits per heavy atom. The van der Waals surface area contributed by atoms with Crippen LogP contribution in [0.15, 0.2) is 17.0 Å². The molecular weight excluding hydrogens is 274 g/mol. The molecule has 0 aromatic heterocycles. The fourth-order valence-electron chi connectivity index (χ4n) is 1.17. The molecule has 0 spiro atoms. The third-order valence-electron chi connectivity index (χ3n) is 1.81. The second kappa shape index (κ2) is 5.27. The second-order valence-corrected chi connectivity index (χ2v) is 4.08. The molecule has 96 valence electrons. The number of nitriles is 1. The summed E-state index contributed by atoms with van der Waals surface area (Å²) in [6.45, 7) is 0. The Kier molecular flexibility index (Phi) is 4.19. The average Bonchev–Trinajstić information content (AvgIpc) is 2.25. The van der Waals surface area contributed by atoms with E-state index in [1.54, 1.807) is 0 Å². The molecular formula is C10H5F4NO2S. The van der Waals surface area contributed by atoms with Crippen LogP contribution in [0.5, 0.6) is 0 Å². The third-order valence-corrected chi connectivity index (χ3v) is 2.58. The van der Waals surface area contributed by atoms with Crippen molar-refractivity contribution in [2.45, 2.75) is 10.4 Å². The number of thioether (sulfide) groups is 1. The molecule has 1 aromatic rings. The molecule has 18 heavy (non-hydrogen) atoms. The van der Waals surface area contributed by atoms with Crippen LogP contribution in [0.2, 0.25) is 0 Å². The number of ether oxygens (including phenoxy) is 1. The van der Waals surface area contributed by atoms with E-state index < -0.39 is 45.1 Å². The van der Waals surface area contributed by atoms with Crippen LogP contribution >= 0.6 is 11.8 Å². The van der Waals surface area contributed by atoms with E-state index >= 15 is 0 Å². The van der Waals surface area contributed by atoms with Gasteiger partial charge >= 0.3 is 11.5 Å². The van der Waals surface area contributed by atoms with Crippen LogP contribution < -0.4 is 0 Å². The Labute approximate surface area is 103 Å². The Morgan fingerprint density at radius 2 is 2.06 bits per heavy atom. The summed E-state index contributed by atoms with van der Waals surface area (Å²) >= 11 is -0.662. The van der Waals surface area contributed by atoms with Gasteiger partial charge in [0.1, 0.15) is 11.9 Å². The van der Waals surface area contributed by atoms with E-state index in [1.165, 1.54) is 6.07 Å². The van der Waals surface area contributed by atoms with E-state index in [4.69, 9.17) is 5.26 Å². The number of halogens is 4. The van der Waals surface area contributed by atoms with Crippen LogP contribution in [0, 0.1) is 17.1 Å². The van der Waals surface area contributed by atoms with Crippen LogP contribution in [0.3, 0.4) is 0 Å². The van der Waals surface area contributed by atoms with Gasteiger partial charge in [-0.1, -0.05) is 0 Å². The standard InChI is InChI=1S/C10H5F4NO2S/c1-17-9(16)6-2-5(11)3-8(7(6)4-15)18-10(12,13)14/h2-3H,1H3. The summed E-state index contributed by atoms with van der Waals surface area (Å²) in [4.78, 5) is 10.6. The maximum Gasteiger partial charge on any atom is 0.446 e. The van der Waals surface area contributed by atoms with Crippen molar-refractivity contribution in [1.82, 2.24) is 0 Å². The van der Waals surface area contributed by atoms with Crippen LogP contribution in [0.25, 0.3) is 0 Å². The van der Waals surface area contributed by atoms with E-state index in [0.717, 1.165) is 7.11 Å². The lowest BCUT2D eigenvalue weighted by Crippen LogP contribution is -2.08. The van der Waals surface area contributed by atoms with Gasteiger partial charge in [0.15, 0.2) is 0 Å². The Morgan fingerprint density at radius 1 is 1.44 bits per heavy atom. The molecule has 0 amide bonds. The molecule has 1 rings (SSSR count). The number of carbonyl (C=O) groups is 1. The van der Waals surface area contributed by atoms with E-state index in [-0.39, 0.29) is 0 Å². The Balaban J connectivity index is 3.39. The van der Waals surface area contributed by atoms with Crippen molar-refractivity contribution in [3.8, 4) is 6.07 Å². The minimum atomic E-state index is -4.69. The van der Waals surface area contributed by atoms with Gasteiger partial charge in [0.2, 0.25) is 0 Å². The number of esters is 1. The summed E-state index contributed by atoms with van der Waals surface area (Å²) in [6, 6.07) is 2.64. The average molecular weight is 279 g/mol. The molecule has 0 aliphatic carbocycles. The molecule has 1 aromatic carbocycles. The maximum absolute atomic E-state index is 13.1. The highest BCUT2D eigenvalue weighted by molar-refractivity contribution is 8.00. The van der Waals surface area contributed by atoms with Crippen molar-refractivity contribution >= 4 is 17.7 Å². The fourth-order valence-corrected chi connectivity index (χ4v) is 1.85. The molecule has 0 saturated heterocycles. The highest BCUT2D eigenvalue weighted by Gasteiger charge is 2.32. The largest absolute Gasteiger partial charge is 0.465 e. The minimum absolute atomic E-state index is 0.535. The first-order valence-corrected chi connectivity index (χ1v) is 5.18. The lowest BCUT2D eigenvalue weighted by molar-refractivity contribution is -0.0328. The number of benzene rings is 1. The minimum Gasteiger partial charge on any atom is -0.465 e. The molecule has 0 unspecified atom stereocenters. The summed E-state index contributed by atoms with van der Waals surface area (Å²) in [6.07, 6.45) is 0. The molecule has 3 nitrogen and oxygen atoms in total. The fraction of sp³-hybridized carbons (Fsp3) is 0.200. The summed E-state index contributed by atoms with van der Waals surface area (Å²) in [5.41, 5.74) is -5.79. The lowest BCUT2D eigenvalue weighted by atomic mass is 10.1. The zero-order valence-electron chi connectivity index (χ0n) is 8.84. The van der Waals surface area contributed by atoms with Gasteiger partial charge in [-0.25, -0.2) is 9.18 Å². The number of hydrogen-bond acceptors (Lipinski definition) is 4. The molecule has 8 heteroatoms. The predicted molar refractivity (Wildman–Crippen MR) is 54.4 cm³/mol. The molecule has 0 aliphatic rings. The van der Waals surface area contributed by atoms with Gasteiger partial charge in [-0.2, -0.15) is 18.4 Å². The highest BCUT2D eigenvalue weighted by Crippen LogP contribution is 2.39. The number of carbonyl (C=O) groups excluding carboxylic acids is 1. The van der Waals surface area contributed by atoms with Gasteiger partial charge in [0, 0.05) is 4.90 Å². The lowest BCUT2D eigenvalue weighted by Gasteiger charge is -2.10. The molecule has 0 aliphatic heterocycles. The Hall–Kier alpha value is -1.75. The van der Waals surface area contributed by atoms with Gasteiger partial charge in [-0.05, 0) is 23.9 Å². The monoisotopic (exact) mass is 279 g/mol. The summed E-state index contributed by atoms with van der Waals surface area (Å²) < 4.78 is 54.0. The third kappa shape index (κ3) is 3.37. The van der Waals surface area contributed by atoms with E-state index in [1.807, 2.05) is 0 Å². The SMILES string of the molecule is COC(=O)c1cc(F)cc(SC(F)(F)F)c1C#N. The van der Waals surface area contributed by atoms with Crippen LogP contribution in [-0.4, -0.2) is 18.6 Å². The van der Waals surface area contributed by atoms with Crippen LogP contribution in [-0.2, 0) is 4.74 Å². The first-order valence-electron chi connectivity index (χ1n) is 4.36. The first-order chi connectivity index (χ1) is 8.28. The van der Waals surface area contributed by atoms with Crippen molar-refractivity contribution < 1.29 is 27.1 Å². The quantitative estimate of drug-likeness (QED) is 0.474. The Bertz CT molecular complexity index is 522. The number of methoxy groups -OCH3 is 1. The molecule has 0 atom stereocenters. The molecule has 0 fully saturated rings. The van der Waals surface area contributed by atoms with Crippen molar-refractivity contribution in [2.24, 2.45) is 0 Å². The number of nitrogens with zero attached hydrogens (tertiary/aromatic N) is 1. The second-order valence-electron chi connectivity index (χ2n) is 2.98. The van der Waals surface area contributed by atoms with E-state index in [0.29, 0.717) is 12.1 Å². The normalized spacial score (nSPS) is 10.9. The molecule has 0 heterocycles. The summed E-state index contributed by atoms with van der Waals surface area (Å²) in [5.74, 6) is -2.13. The van der Waals surface area contributed by atoms with Gasteiger partial charge < -0.3 is 4.74 Å².